The summed E-state index contributed by atoms with van der Waals surface area (Å²) in [6, 6.07) is 6.18. The Kier molecular flexibility index (Phi) is 3.81. The molecule has 1 aliphatic carbocycles. The lowest BCUT2D eigenvalue weighted by Crippen LogP contribution is -2.33. The molecule has 24 heavy (non-hydrogen) atoms. The number of nitrogens with zero attached hydrogens (tertiary/aromatic N) is 2. The number of carbonyl (C=O) groups is 1. The number of hydrogen-bond acceptors (Lipinski definition) is 4. The van der Waals surface area contributed by atoms with Gasteiger partial charge in [-0.25, -0.2) is 4.98 Å². The van der Waals surface area contributed by atoms with Crippen LogP contribution in [0.2, 0.25) is 0 Å². The normalized spacial score (nSPS) is 15.4. The zero-order valence-electron chi connectivity index (χ0n) is 13.7. The zero-order valence-corrected chi connectivity index (χ0v) is 14.6. The van der Waals surface area contributed by atoms with E-state index in [9.17, 15) is 4.79 Å². The fraction of sp³-hybridized carbons (Fsp3) is 0.316. The number of pyridine rings is 2. The third-order valence-corrected chi connectivity index (χ3v) is 5.70. The molecule has 1 atom stereocenters. The maximum absolute atomic E-state index is 12.7. The van der Waals surface area contributed by atoms with E-state index in [1.165, 1.54) is 12.8 Å². The van der Waals surface area contributed by atoms with Crippen molar-refractivity contribution < 1.29 is 4.79 Å². The minimum absolute atomic E-state index is 0.0177. The average Bonchev–Trinajstić information content (AvgIpc) is 3.35. The van der Waals surface area contributed by atoms with Gasteiger partial charge in [-0.1, -0.05) is 0 Å². The molecule has 5 heteroatoms. The van der Waals surface area contributed by atoms with Gasteiger partial charge in [-0.15, -0.1) is 11.3 Å². The van der Waals surface area contributed by atoms with Gasteiger partial charge in [0.15, 0.2) is 0 Å². The summed E-state index contributed by atoms with van der Waals surface area (Å²) < 4.78 is 1.08. The van der Waals surface area contributed by atoms with Crippen LogP contribution in [0.3, 0.4) is 0 Å². The summed E-state index contributed by atoms with van der Waals surface area (Å²) in [6.45, 7) is 4.15. The highest BCUT2D eigenvalue weighted by molar-refractivity contribution is 7.17. The third-order valence-electron chi connectivity index (χ3n) is 4.60. The SMILES string of the molecule is Cc1cc(-c2cccnc2)nc2c(C(=O)N[C@@H](C)C3CC3)csc12. The Morgan fingerprint density at radius 2 is 2.25 bits per heavy atom. The van der Waals surface area contributed by atoms with Gasteiger partial charge in [0.2, 0.25) is 0 Å². The minimum atomic E-state index is -0.0177. The molecule has 1 amide bonds. The molecule has 0 aromatic carbocycles. The fourth-order valence-electron chi connectivity index (χ4n) is 2.99. The molecule has 1 N–H and O–H groups in total. The van der Waals surface area contributed by atoms with Crippen molar-refractivity contribution in [3.8, 4) is 11.3 Å². The lowest BCUT2D eigenvalue weighted by atomic mass is 10.1. The van der Waals surface area contributed by atoms with Crippen LogP contribution in [-0.4, -0.2) is 21.9 Å². The highest BCUT2D eigenvalue weighted by atomic mass is 32.1. The summed E-state index contributed by atoms with van der Waals surface area (Å²) in [5.41, 5.74) is 4.43. The molecule has 0 unspecified atom stereocenters. The molecule has 122 valence electrons. The maximum Gasteiger partial charge on any atom is 0.254 e. The van der Waals surface area contributed by atoms with Crippen molar-refractivity contribution in [1.29, 1.82) is 0 Å². The summed E-state index contributed by atoms with van der Waals surface area (Å²) in [6.07, 6.45) is 5.98. The van der Waals surface area contributed by atoms with Gasteiger partial charge >= 0.3 is 0 Å². The van der Waals surface area contributed by atoms with Crippen molar-refractivity contribution >= 4 is 27.5 Å². The number of hydrogen-bond donors (Lipinski definition) is 1. The van der Waals surface area contributed by atoms with Crippen LogP contribution in [0.5, 0.6) is 0 Å². The summed E-state index contributed by atoms with van der Waals surface area (Å²) in [7, 11) is 0. The van der Waals surface area contributed by atoms with Crippen molar-refractivity contribution in [1.82, 2.24) is 15.3 Å². The number of aryl methyl sites for hydroxylation is 1. The van der Waals surface area contributed by atoms with E-state index in [4.69, 9.17) is 4.98 Å². The quantitative estimate of drug-likeness (QED) is 0.776. The van der Waals surface area contributed by atoms with E-state index in [1.54, 1.807) is 23.7 Å². The molecule has 0 saturated heterocycles. The van der Waals surface area contributed by atoms with E-state index in [-0.39, 0.29) is 11.9 Å². The molecular weight excluding hydrogens is 318 g/mol. The van der Waals surface area contributed by atoms with Gasteiger partial charge in [0, 0.05) is 29.4 Å². The van der Waals surface area contributed by atoms with Crippen molar-refractivity contribution in [2.45, 2.75) is 32.7 Å². The summed E-state index contributed by atoms with van der Waals surface area (Å²) >= 11 is 1.58. The second kappa shape index (κ2) is 5.98. The molecule has 3 heterocycles. The van der Waals surface area contributed by atoms with Crippen LogP contribution in [0.15, 0.2) is 36.0 Å². The highest BCUT2D eigenvalue weighted by Crippen LogP contribution is 2.34. The lowest BCUT2D eigenvalue weighted by Gasteiger charge is -2.12. The second-order valence-electron chi connectivity index (χ2n) is 6.49. The first-order valence-electron chi connectivity index (χ1n) is 8.23. The zero-order chi connectivity index (χ0) is 16.7. The molecule has 0 spiro atoms. The molecule has 3 aromatic rings. The molecule has 0 aliphatic heterocycles. The van der Waals surface area contributed by atoms with E-state index in [0.29, 0.717) is 11.5 Å². The molecule has 3 aromatic heterocycles. The van der Waals surface area contributed by atoms with Gasteiger partial charge in [-0.05, 0) is 56.4 Å². The average molecular weight is 337 g/mol. The van der Waals surface area contributed by atoms with E-state index in [0.717, 1.165) is 27.0 Å². The summed E-state index contributed by atoms with van der Waals surface area (Å²) in [5, 5.41) is 5.05. The Morgan fingerprint density at radius 3 is 2.96 bits per heavy atom. The number of thiophene rings is 1. The number of amides is 1. The number of nitrogens with one attached hydrogen (secondary N) is 1. The van der Waals surface area contributed by atoms with Gasteiger partial charge in [0.05, 0.1) is 21.5 Å². The Hall–Kier alpha value is -2.27. The van der Waals surface area contributed by atoms with Crippen LogP contribution in [0.4, 0.5) is 0 Å². The number of rotatable bonds is 4. The maximum atomic E-state index is 12.7. The molecule has 4 nitrogen and oxygen atoms in total. The molecule has 0 bridgehead atoms. The van der Waals surface area contributed by atoms with Crippen LogP contribution in [0, 0.1) is 12.8 Å². The standard InChI is InChI=1S/C19H19N3OS/c1-11-8-16(14-4-3-7-20-9-14)22-17-15(10-24-18(11)17)19(23)21-12(2)13-5-6-13/h3-4,7-10,12-13H,5-6H2,1-2H3,(H,21,23)/t12-/m0/s1. The second-order valence-corrected chi connectivity index (χ2v) is 7.37. The topological polar surface area (TPSA) is 54.9 Å². The van der Waals surface area contributed by atoms with Crippen LogP contribution in [0.1, 0.15) is 35.7 Å². The van der Waals surface area contributed by atoms with Crippen molar-refractivity contribution in [3.63, 3.8) is 0 Å². The molecular formula is C19H19N3OS. The minimum Gasteiger partial charge on any atom is -0.349 e. The van der Waals surface area contributed by atoms with Crippen LogP contribution >= 0.6 is 11.3 Å². The smallest absolute Gasteiger partial charge is 0.254 e. The molecule has 1 aliphatic rings. The predicted molar refractivity (Wildman–Crippen MR) is 97.2 cm³/mol. The highest BCUT2D eigenvalue weighted by Gasteiger charge is 2.29. The van der Waals surface area contributed by atoms with Crippen molar-refractivity contribution in [2.24, 2.45) is 5.92 Å². The first-order chi connectivity index (χ1) is 11.6. The van der Waals surface area contributed by atoms with Crippen molar-refractivity contribution in [2.75, 3.05) is 0 Å². The molecule has 1 saturated carbocycles. The van der Waals surface area contributed by atoms with Crippen LogP contribution < -0.4 is 5.32 Å². The van der Waals surface area contributed by atoms with E-state index in [1.807, 2.05) is 17.5 Å². The number of carbonyl (C=O) groups excluding carboxylic acids is 1. The van der Waals surface area contributed by atoms with Crippen molar-refractivity contribution in [3.05, 3.63) is 47.1 Å². The summed E-state index contributed by atoms with van der Waals surface area (Å²) in [4.78, 5) is 21.6. The molecule has 0 radical (unpaired) electrons. The Morgan fingerprint density at radius 1 is 1.42 bits per heavy atom. The fourth-order valence-corrected chi connectivity index (χ4v) is 3.95. The lowest BCUT2D eigenvalue weighted by molar-refractivity contribution is 0.0938. The first-order valence-corrected chi connectivity index (χ1v) is 9.11. The number of aromatic nitrogens is 2. The third kappa shape index (κ3) is 2.80. The predicted octanol–water partition coefficient (Wildman–Crippen LogP) is 4.20. The monoisotopic (exact) mass is 337 g/mol. The Labute approximate surface area is 145 Å². The molecule has 4 rings (SSSR count). The van der Waals surface area contributed by atoms with Gasteiger partial charge in [-0.3, -0.25) is 9.78 Å². The van der Waals surface area contributed by atoms with Crippen LogP contribution in [-0.2, 0) is 0 Å². The van der Waals surface area contributed by atoms with Crippen LogP contribution in [0.25, 0.3) is 21.5 Å². The molecule has 1 fully saturated rings. The van der Waals surface area contributed by atoms with Gasteiger partial charge in [0.1, 0.15) is 0 Å². The van der Waals surface area contributed by atoms with E-state index >= 15 is 0 Å². The van der Waals surface area contributed by atoms with Gasteiger partial charge in [-0.2, -0.15) is 0 Å². The first kappa shape index (κ1) is 15.3. The van der Waals surface area contributed by atoms with E-state index < -0.39 is 0 Å². The van der Waals surface area contributed by atoms with Gasteiger partial charge < -0.3 is 5.32 Å². The Balaban J connectivity index is 1.74. The summed E-state index contributed by atoms with van der Waals surface area (Å²) in [5.74, 6) is 0.621. The Bertz CT molecular complexity index is 900. The largest absolute Gasteiger partial charge is 0.349 e. The van der Waals surface area contributed by atoms with E-state index in [2.05, 4.69) is 30.2 Å². The van der Waals surface area contributed by atoms with Gasteiger partial charge in [0.25, 0.3) is 5.91 Å². The number of fused-ring (bicyclic) bond motifs is 1.